The van der Waals surface area contributed by atoms with Crippen LogP contribution < -0.4 is 0 Å². The van der Waals surface area contributed by atoms with Gasteiger partial charge in [-0.15, -0.1) is 0 Å². The van der Waals surface area contributed by atoms with E-state index in [-0.39, 0.29) is 11.5 Å². The normalized spacial score (nSPS) is 19.9. The highest BCUT2D eigenvalue weighted by Crippen LogP contribution is 2.32. The number of hydrogen-bond acceptors (Lipinski definition) is 4. The molecule has 0 bridgehead atoms. The number of nitrogens with zero attached hydrogens (tertiary/aromatic N) is 1. The summed E-state index contributed by atoms with van der Waals surface area (Å²) >= 11 is 0. The fraction of sp³-hybridized carbons (Fsp3) is 0.368. The van der Waals surface area contributed by atoms with Crippen LogP contribution in [0.3, 0.4) is 0 Å². The van der Waals surface area contributed by atoms with Gasteiger partial charge in [0.2, 0.25) is 10.0 Å². The molecule has 2 aromatic rings. The first-order valence-electron chi connectivity index (χ1n) is 8.41. The quantitative estimate of drug-likeness (QED) is 0.856. The van der Waals surface area contributed by atoms with Crippen LogP contribution in [0, 0.1) is 6.92 Å². The number of aryl methyl sites for hydroxylation is 1. The minimum Gasteiger partial charge on any atom is -0.395 e. The van der Waals surface area contributed by atoms with Gasteiger partial charge in [0.05, 0.1) is 11.5 Å². The Hall–Kier alpha value is -1.73. The van der Waals surface area contributed by atoms with Crippen molar-refractivity contribution in [2.75, 3.05) is 13.2 Å². The summed E-state index contributed by atoms with van der Waals surface area (Å²) in [5, 5.41) is 20.2. The van der Waals surface area contributed by atoms with Crippen molar-refractivity contribution in [2.24, 2.45) is 0 Å². The zero-order chi connectivity index (χ0) is 18.0. The fourth-order valence-electron chi connectivity index (χ4n) is 3.30. The number of sulfonamides is 1. The maximum absolute atomic E-state index is 13.1. The first kappa shape index (κ1) is 18.1. The van der Waals surface area contributed by atoms with Crippen LogP contribution in [0.5, 0.6) is 0 Å². The van der Waals surface area contributed by atoms with E-state index >= 15 is 0 Å². The Balaban J connectivity index is 2.02. The van der Waals surface area contributed by atoms with Crippen LogP contribution >= 0.6 is 0 Å². The molecule has 0 spiro atoms. The molecule has 1 aliphatic heterocycles. The van der Waals surface area contributed by atoms with Gasteiger partial charge in [-0.2, -0.15) is 4.31 Å². The Morgan fingerprint density at radius 2 is 1.84 bits per heavy atom. The van der Waals surface area contributed by atoms with Crippen molar-refractivity contribution in [2.45, 2.75) is 36.8 Å². The van der Waals surface area contributed by atoms with E-state index in [0.29, 0.717) is 24.1 Å². The van der Waals surface area contributed by atoms with Crippen molar-refractivity contribution in [1.29, 1.82) is 0 Å². The highest BCUT2D eigenvalue weighted by atomic mass is 32.2. The molecule has 2 N–H and O–H groups in total. The number of rotatable bonds is 5. The van der Waals surface area contributed by atoms with Gasteiger partial charge in [0, 0.05) is 18.2 Å². The molecule has 1 heterocycles. The summed E-state index contributed by atoms with van der Waals surface area (Å²) in [6, 6.07) is 13.5. The Kier molecular flexibility index (Phi) is 5.24. The standard InChI is InChI=1S/C19H23NO4S/c1-14-8-10-15(11-9-14)19(22)17-6-2-3-7-18(17)25(23,24)20-12-4-5-16(20)13-21/h2-3,6-11,16,19,21-22H,4-5,12-13H2,1H3/t16-,19+/m1/s1. The molecule has 6 heteroatoms. The maximum atomic E-state index is 13.1. The third-order valence-electron chi connectivity index (χ3n) is 4.73. The van der Waals surface area contributed by atoms with Crippen molar-refractivity contribution in [3.63, 3.8) is 0 Å². The van der Waals surface area contributed by atoms with Crippen LogP contribution in [0.4, 0.5) is 0 Å². The monoisotopic (exact) mass is 361 g/mol. The van der Waals surface area contributed by atoms with Crippen LogP contribution in [0.2, 0.25) is 0 Å². The summed E-state index contributed by atoms with van der Waals surface area (Å²) in [5.74, 6) is 0. The molecule has 0 aliphatic carbocycles. The van der Waals surface area contributed by atoms with E-state index < -0.39 is 22.2 Å². The molecule has 0 saturated carbocycles. The third kappa shape index (κ3) is 3.48. The molecule has 2 aromatic carbocycles. The van der Waals surface area contributed by atoms with Gasteiger partial charge in [-0.25, -0.2) is 8.42 Å². The lowest BCUT2D eigenvalue weighted by atomic mass is 10.0. The second kappa shape index (κ2) is 7.25. The molecule has 1 saturated heterocycles. The van der Waals surface area contributed by atoms with Gasteiger partial charge >= 0.3 is 0 Å². The zero-order valence-electron chi connectivity index (χ0n) is 14.2. The lowest BCUT2D eigenvalue weighted by molar-refractivity contribution is 0.210. The van der Waals surface area contributed by atoms with E-state index in [1.54, 1.807) is 30.3 Å². The van der Waals surface area contributed by atoms with Gasteiger partial charge in [-0.05, 0) is 31.4 Å². The Morgan fingerprint density at radius 1 is 1.16 bits per heavy atom. The van der Waals surface area contributed by atoms with E-state index in [2.05, 4.69) is 0 Å². The van der Waals surface area contributed by atoms with Crippen molar-refractivity contribution in [3.8, 4) is 0 Å². The second-order valence-corrected chi connectivity index (χ2v) is 8.30. The van der Waals surface area contributed by atoms with Crippen LogP contribution in [-0.4, -0.2) is 42.1 Å². The van der Waals surface area contributed by atoms with Crippen molar-refractivity contribution < 1.29 is 18.6 Å². The van der Waals surface area contributed by atoms with E-state index in [4.69, 9.17) is 0 Å². The molecule has 5 nitrogen and oxygen atoms in total. The summed E-state index contributed by atoms with van der Waals surface area (Å²) in [6.45, 7) is 2.15. The lowest BCUT2D eigenvalue weighted by Gasteiger charge is -2.25. The van der Waals surface area contributed by atoms with Crippen LogP contribution in [0.15, 0.2) is 53.4 Å². The van der Waals surface area contributed by atoms with Crippen molar-refractivity contribution in [1.82, 2.24) is 4.31 Å². The SMILES string of the molecule is Cc1ccc([C@H](O)c2ccccc2S(=O)(=O)N2CCC[C@@H]2CO)cc1. The predicted octanol–water partition coefficient (Wildman–Crippen LogP) is 2.22. The van der Waals surface area contributed by atoms with Gasteiger partial charge in [0.1, 0.15) is 6.10 Å². The van der Waals surface area contributed by atoms with E-state index in [9.17, 15) is 18.6 Å². The number of aliphatic hydroxyl groups excluding tert-OH is 2. The zero-order valence-corrected chi connectivity index (χ0v) is 15.0. The molecule has 25 heavy (non-hydrogen) atoms. The Labute approximate surface area is 148 Å². The minimum atomic E-state index is -3.78. The molecule has 0 amide bonds. The number of aliphatic hydroxyl groups is 2. The van der Waals surface area contributed by atoms with E-state index in [1.165, 1.54) is 10.4 Å². The molecule has 3 rings (SSSR count). The maximum Gasteiger partial charge on any atom is 0.243 e. The smallest absolute Gasteiger partial charge is 0.243 e. The van der Waals surface area contributed by atoms with Gasteiger partial charge in [-0.3, -0.25) is 0 Å². The average molecular weight is 361 g/mol. The molecule has 1 fully saturated rings. The van der Waals surface area contributed by atoms with Gasteiger partial charge in [0.25, 0.3) is 0 Å². The topological polar surface area (TPSA) is 77.8 Å². The van der Waals surface area contributed by atoms with Gasteiger partial charge in [-0.1, -0.05) is 48.0 Å². The minimum absolute atomic E-state index is 0.100. The summed E-state index contributed by atoms with van der Waals surface area (Å²) in [4.78, 5) is 0.100. The van der Waals surface area contributed by atoms with Crippen molar-refractivity contribution >= 4 is 10.0 Å². The first-order chi connectivity index (χ1) is 11.9. The van der Waals surface area contributed by atoms with Gasteiger partial charge in [0.15, 0.2) is 0 Å². The van der Waals surface area contributed by atoms with E-state index in [0.717, 1.165) is 12.0 Å². The molecule has 0 unspecified atom stereocenters. The first-order valence-corrected chi connectivity index (χ1v) is 9.85. The van der Waals surface area contributed by atoms with E-state index in [1.807, 2.05) is 19.1 Å². The number of hydrogen-bond donors (Lipinski definition) is 2. The Bertz CT molecular complexity index is 833. The average Bonchev–Trinajstić information content (AvgIpc) is 3.11. The van der Waals surface area contributed by atoms with Crippen LogP contribution in [-0.2, 0) is 10.0 Å². The van der Waals surface area contributed by atoms with Crippen LogP contribution in [0.1, 0.15) is 35.6 Å². The molecule has 1 aliphatic rings. The summed E-state index contributed by atoms with van der Waals surface area (Å²) in [6.07, 6.45) is 0.354. The summed E-state index contributed by atoms with van der Waals surface area (Å²) < 4.78 is 27.6. The molecule has 0 aromatic heterocycles. The largest absolute Gasteiger partial charge is 0.395 e. The van der Waals surface area contributed by atoms with Crippen LogP contribution in [0.25, 0.3) is 0 Å². The summed E-state index contributed by atoms with van der Waals surface area (Å²) in [5.41, 5.74) is 2.07. The molecule has 2 atom stereocenters. The van der Waals surface area contributed by atoms with Gasteiger partial charge < -0.3 is 10.2 Å². The predicted molar refractivity (Wildman–Crippen MR) is 95.7 cm³/mol. The molecule has 134 valence electrons. The second-order valence-electron chi connectivity index (χ2n) is 6.45. The molecular formula is C19H23NO4S. The summed E-state index contributed by atoms with van der Waals surface area (Å²) in [7, 11) is -3.78. The fourth-order valence-corrected chi connectivity index (χ4v) is 5.22. The molecular weight excluding hydrogens is 338 g/mol. The Morgan fingerprint density at radius 3 is 2.52 bits per heavy atom. The number of benzene rings is 2. The van der Waals surface area contributed by atoms with Crippen molar-refractivity contribution in [3.05, 3.63) is 65.2 Å². The highest BCUT2D eigenvalue weighted by molar-refractivity contribution is 7.89. The molecule has 0 radical (unpaired) electrons. The third-order valence-corrected chi connectivity index (χ3v) is 6.75. The highest BCUT2D eigenvalue weighted by Gasteiger charge is 2.36. The lowest BCUT2D eigenvalue weighted by Crippen LogP contribution is -2.38.